The molecule has 1 heterocycles. The van der Waals surface area contributed by atoms with Gasteiger partial charge in [-0.3, -0.25) is 0 Å². The summed E-state index contributed by atoms with van der Waals surface area (Å²) < 4.78 is 13.0. The lowest BCUT2D eigenvalue weighted by molar-refractivity contribution is -0.639. The quantitative estimate of drug-likeness (QED) is 0.321. The largest absolute Gasteiger partial charge is 0.543 e. The number of ether oxygens (including phenoxy) is 1. The summed E-state index contributed by atoms with van der Waals surface area (Å²) in [5.74, 6) is 1.00. The van der Waals surface area contributed by atoms with Crippen LogP contribution in [0.25, 0.3) is 0 Å². The lowest BCUT2D eigenvalue weighted by Crippen LogP contribution is -2.72. The fourth-order valence-electron chi connectivity index (χ4n) is 6.08. The molecule has 5 heteroatoms. The van der Waals surface area contributed by atoms with Crippen molar-refractivity contribution in [3.05, 3.63) is 29.8 Å². The van der Waals surface area contributed by atoms with E-state index in [1.165, 1.54) is 64.2 Å². The van der Waals surface area contributed by atoms with Gasteiger partial charge in [0.25, 0.3) is 5.79 Å². The first-order valence-corrected chi connectivity index (χ1v) is 15.8. The molecule has 0 amide bonds. The Morgan fingerprint density at radius 1 is 0.875 bits per heavy atom. The molecule has 32 heavy (non-hydrogen) atoms. The maximum absolute atomic E-state index is 6.66. The van der Waals surface area contributed by atoms with Crippen LogP contribution in [0.2, 0.25) is 18.1 Å². The first-order chi connectivity index (χ1) is 15.2. The molecular weight excluding hydrogens is 416 g/mol. The van der Waals surface area contributed by atoms with E-state index in [-0.39, 0.29) is 5.04 Å². The summed E-state index contributed by atoms with van der Waals surface area (Å²) in [6.07, 6.45) is 12.6. The Morgan fingerprint density at radius 2 is 1.44 bits per heavy atom. The number of methoxy groups -OCH3 is 1. The highest BCUT2D eigenvalue weighted by Gasteiger charge is 2.72. The van der Waals surface area contributed by atoms with Gasteiger partial charge >= 0.3 is 0 Å². The number of hydrogen-bond acceptors (Lipinski definition) is 4. The van der Waals surface area contributed by atoms with Crippen molar-refractivity contribution < 1.29 is 18.9 Å². The van der Waals surface area contributed by atoms with Gasteiger partial charge in [-0.25, -0.2) is 4.89 Å². The molecule has 0 spiro atoms. The molecule has 1 unspecified atom stereocenters. The molecule has 1 atom stereocenters. The first kappa shape index (κ1) is 24.2. The van der Waals surface area contributed by atoms with E-state index in [4.69, 9.17) is 18.9 Å². The number of hydrogen-bond donors (Lipinski definition) is 0. The lowest BCUT2D eigenvalue weighted by Gasteiger charge is -2.62. The van der Waals surface area contributed by atoms with E-state index in [0.29, 0.717) is 11.8 Å². The van der Waals surface area contributed by atoms with E-state index in [0.717, 1.165) is 11.3 Å². The second kappa shape index (κ2) is 9.05. The average Bonchev–Trinajstić information content (AvgIpc) is 2.75. The fraction of sp³-hybridized carbons (Fsp3) is 0.778. The summed E-state index contributed by atoms with van der Waals surface area (Å²) >= 11 is 0. The van der Waals surface area contributed by atoms with Crippen molar-refractivity contribution in [1.82, 2.24) is 0 Å². The van der Waals surface area contributed by atoms with Crippen LogP contribution < -0.4 is 4.43 Å². The SMILES string of the molecule is COC1(c2cccc(O[Si](C)(C)C(C)(C)C)c2)OOC1(C1CCCCC1)C1CCCCC1. The fourth-order valence-corrected chi connectivity index (χ4v) is 7.10. The summed E-state index contributed by atoms with van der Waals surface area (Å²) in [7, 11) is -0.147. The van der Waals surface area contributed by atoms with Crippen molar-refractivity contribution in [3.63, 3.8) is 0 Å². The van der Waals surface area contributed by atoms with Crippen molar-refractivity contribution in [3.8, 4) is 5.75 Å². The summed E-state index contributed by atoms with van der Waals surface area (Å²) in [5, 5.41) is 0.145. The molecule has 4 nitrogen and oxygen atoms in total. The minimum Gasteiger partial charge on any atom is -0.543 e. The molecule has 0 N–H and O–H groups in total. The Hall–Kier alpha value is -0.883. The Labute approximate surface area is 196 Å². The van der Waals surface area contributed by atoms with Crippen molar-refractivity contribution >= 4 is 8.32 Å². The molecule has 2 aliphatic carbocycles. The minimum absolute atomic E-state index is 0.145. The number of benzene rings is 1. The molecule has 4 rings (SSSR count). The molecule has 0 aromatic heterocycles. The van der Waals surface area contributed by atoms with Crippen molar-refractivity contribution in [2.75, 3.05) is 7.11 Å². The standard InChI is InChI=1S/C27H44O4Si/c1-25(2,3)32(5,6)29-24-19-13-18-23(20-24)27(28-4)26(30-31-27,21-14-9-7-10-15-21)22-16-11-8-12-17-22/h13,18-22H,7-12,14-17H2,1-6H3. The van der Waals surface area contributed by atoms with Crippen LogP contribution in [0.3, 0.4) is 0 Å². The molecule has 1 aliphatic heterocycles. The number of rotatable bonds is 6. The molecule has 2 saturated carbocycles. The minimum atomic E-state index is -1.94. The van der Waals surface area contributed by atoms with Crippen LogP contribution in [0.1, 0.15) is 90.5 Å². The zero-order chi connectivity index (χ0) is 23.0. The summed E-state index contributed by atoms with van der Waals surface area (Å²) in [4.78, 5) is 12.4. The van der Waals surface area contributed by atoms with Gasteiger partial charge in [-0.15, -0.1) is 0 Å². The van der Waals surface area contributed by atoms with Gasteiger partial charge in [-0.1, -0.05) is 71.4 Å². The lowest BCUT2D eigenvalue weighted by atomic mass is 9.60. The van der Waals surface area contributed by atoms with Gasteiger partial charge in [0.2, 0.25) is 8.32 Å². The molecule has 180 valence electrons. The van der Waals surface area contributed by atoms with Crippen molar-refractivity contribution in [1.29, 1.82) is 0 Å². The van der Waals surface area contributed by atoms with E-state index >= 15 is 0 Å². The van der Waals surface area contributed by atoms with E-state index in [9.17, 15) is 0 Å². The van der Waals surface area contributed by atoms with Crippen LogP contribution in [0, 0.1) is 11.8 Å². The monoisotopic (exact) mass is 460 g/mol. The van der Waals surface area contributed by atoms with Crippen LogP contribution >= 0.6 is 0 Å². The van der Waals surface area contributed by atoms with Crippen LogP contribution in [0.15, 0.2) is 24.3 Å². The molecule has 0 bridgehead atoms. The normalized spacial score (nSPS) is 27.7. The topological polar surface area (TPSA) is 36.9 Å². The maximum atomic E-state index is 6.66. The van der Waals surface area contributed by atoms with Gasteiger partial charge in [0, 0.05) is 12.7 Å². The highest BCUT2D eigenvalue weighted by Crippen LogP contribution is 2.62. The molecule has 0 radical (unpaired) electrons. The smallest absolute Gasteiger partial charge is 0.260 e. The zero-order valence-corrected chi connectivity index (χ0v) is 22.2. The summed E-state index contributed by atoms with van der Waals surface area (Å²) in [6, 6.07) is 8.47. The Balaban J connectivity index is 1.72. The van der Waals surface area contributed by atoms with Gasteiger partial charge in [0.05, 0.1) is 0 Å². The Morgan fingerprint density at radius 3 is 1.88 bits per heavy atom. The van der Waals surface area contributed by atoms with E-state index in [1.807, 2.05) is 0 Å². The third-order valence-corrected chi connectivity index (χ3v) is 13.3. The third kappa shape index (κ3) is 3.97. The molecular formula is C27H44O4Si. The van der Waals surface area contributed by atoms with E-state index in [1.54, 1.807) is 7.11 Å². The van der Waals surface area contributed by atoms with E-state index in [2.05, 4.69) is 58.1 Å². The maximum Gasteiger partial charge on any atom is 0.260 e. The van der Waals surface area contributed by atoms with E-state index < -0.39 is 19.7 Å². The molecule has 1 aromatic carbocycles. The average molecular weight is 461 g/mol. The van der Waals surface area contributed by atoms with Gasteiger partial charge in [0.1, 0.15) is 5.75 Å². The predicted octanol–water partition coefficient (Wildman–Crippen LogP) is 7.73. The van der Waals surface area contributed by atoms with Crippen LogP contribution in [0.4, 0.5) is 0 Å². The zero-order valence-electron chi connectivity index (χ0n) is 21.2. The molecule has 1 aromatic rings. The summed E-state index contributed by atoms with van der Waals surface area (Å²) in [6.45, 7) is 11.4. The van der Waals surface area contributed by atoms with Crippen molar-refractivity contribution in [2.24, 2.45) is 11.8 Å². The summed E-state index contributed by atoms with van der Waals surface area (Å²) in [5.41, 5.74) is 0.636. The second-order valence-corrected chi connectivity index (χ2v) is 16.6. The van der Waals surface area contributed by atoms with Crippen LogP contribution in [0.5, 0.6) is 5.75 Å². The van der Waals surface area contributed by atoms with Gasteiger partial charge in [-0.05, 0) is 67.8 Å². The molecule has 1 saturated heterocycles. The highest BCUT2D eigenvalue weighted by molar-refractivity contribution is 6.74. The highest BCUT2D eigenvalue weighted by atomic mass is 28.4. The molecule has 3 aliphatic rings. The second-order valence-electron chi connectivity index (χ2n) is 11.8. The first-order valence-electron chi connectivity index (χ1n) is 12.9. The van der Waals surface area contributed by atoms with Gasteiger partial charge in [-0.2, -0.15) is 4.89 Å². The Bertz CT molecular complexity index is 752. The third-order valence-electron chi connectivity index (χ3n) is 8.92. The Kier molecular flexibility index (Phi) is 6.86. The van der Waals surface area contributed by atoms with Gasteiger partial charge in [0.15, 0.2) is 5.60 Å². The van der Waals surface area contributed by atoms with Gasteiger partial charge < -0.3 is 9.16 Å². The molecule has 3 fully saturated rings. The van der Waals surface area contributed by atoms with Crippen molar-refractivity contribution in [2.45, 2.75) is 114 Å². The van der Waals surface area contributed by atoms with Crippen LogP contribution in [-0.2, 0) is 20.3 Å². The van der Waals surface area contributed by atoms with Crippen LogP contribution in [-0.4, -0.2) is 21.0 Å². The predicted molar refractivity (Wildman–Crippen MR) is 131 cm³/mol.